The molecule has 0 aliphatic carbocycles. The van der Waals surface area contributed by atoms with E-state index in [1.807, 2.05) is 48.9 Å². The van der Waals surface area contributed by atoms with Gasteiger partial charge in [-0.05, 0) is 25.5 Å². The highest BCUT2D eigenvalue weighted by molar-refractivity contribution is 7.89. The van der Waals surface area contributed by atoms with Gasteiger partial charge in [0.05, 0.1) is 12.1 Å². The Balaban J connectivity index is 1.81. The van der Waals surface area contributed by atoms with Crippen LogP contribution in [0.4, 0.5) is 0 Å². The smallest absolute Gasteiger partial charge is 0.215 e. The summed E-state index contributed by atoms with van der Waals surface area (Å²) in [6.07, 6.45) is 5.88. The molecular weight excluding hydrogens is 314 g/mol. The molecule has 1 atom stereocenters. The lowest BCUT2D eigenvalue weighted by Gasteiger charge is -2.17. The zero-order valence-electron chi connectivity index (χ0n) is 13.5. The number of aryl methyl sites for hydroxylation is 1. The maximum atomic E-state index is 12.2. The van der Waals surface area contributed by atoms with Gasteiger partial charge in [-0.2, -0.15) is 0 Å². The molecule has 0 aliphatic rings. The minimum absolute atomic E-state index is 0.0681. The number of hydrogen-bond donors (Lipinski definition) is 1. The topological polar surface area (TPSA) is 73.2 Å². The van der Waals surface area contributed by atoms with E-state index in [2.05, 4.69) is 9.71 Å². The van der Waals surface area contributed by atoms with E-state index in [0.717, 1.165) is 5.56 Å². The van der Waals surface area contributed by atoms with E-state index in [1.165, 1.54) is 0 Å². The van der Waals surface area contributed by atoms with Gasteiger partial charge in [0, 0.05) is 25.0 Å². The number of aromatic nitrogens is 2. The summed E-state index contributed by atoms with van der Waals surface area (Å²) in [6, 6.07) is 7.38. The summed E-state index contributed by atoms with van der Waals surface area (Å²) in [5.41, 5.74) is 1.14. The average molecular weight is 337 g/mol. The molecule has 126 valence electrons. The highest BCUT2D eigenvalue weighted by Crippen LogP contribution is 2.11. The molecule has 0 aliphatic heterocycles. The molecule has 0 unspecified atom stereocenters. The van der Waals surface area contributed by atoms with Crippen LogP contribution in [0.3, 0.4) is 0 Å². The van der Waals surface area contributed by atoms with Crippen molar-refractivity contribution in [2.45, 2.75) is 32.9 Å². The zero-order chi connectivity index (χ0) is 16.7. The molecule has 2 rings (SSSR count). The Morgan fingerprint density at radius 3 is 2.65 bits per heavy atom. The fourth-order valence-corrected chi connectivity index (χ4v) is 3.29. The molecule has 0 fully saturated rings. The molecule has 23 heavy (non-hydrogen) atoms. The largest absolute Gasteiger partial charge is 0.492 e. The summed E-state index contributed by atoms with van der Waals surface area (Å²) in [5.74, 6) is 0.609. The maximum absolute atomic E-state index is 12.2. The number of imidazole rings is 1. The number of nitrogens with zero attached hydrogens (tertiary/aromatic N) is 2. The molecule has 1 aromatic carbocycles. The van der Waals surface area contributed by atoms with Gasteiger partial charge in [0.25, 0.3) is 0 Å². The van der Waals surface area contributed by atoms with Crippen molar-refractivity contribution in [2.24, 2.45) is 0 Å². The summed E-state index contributed by atoms with van der Waals surface area (Å²) in [4.78, 5) is 3.96. The first kappa shape index (κ1) is 17.5. The summed E-state index contributed by atoms with van der Waals surface area (Å²) >= 11 is 0. The van der Waals surface area contributed by atoms with Gasteiger partial charge >= 0.3 is 0 Å². The van der Waals surface area contributed by atoms with E-state index in [-0.39, 0.29) is 18.4 Å². The lowest BCUT2D eigenvalue weighted by Crippen LogP contribution is -2.39. The summed E-state index contributed by atoms with van der Waals surface area (Å²) in [5, 5.41) is 0. The second kappa shape index (κ2) is 8.12. The minimum atomic E-state index is -3.38. The van der Waals surface area contributed by atoms with Gasteiger partial charge in [-0.3, -0.25) is 0 Å². The van der Waals surface area contributed by atoms with E-state index in [9.17, 15) is 8.42 Å². The quantitative estimate of drug-likeness (QED) is 0.759. The van der Waals surface area contributed by atoms with Crippen LogP contribution in [-0.4, -0.2) is 36.4 Å². The first-order chi connectivity index (χ1) is 11.0. The highest BCUT2D eigenvalue weighted by atomic mass is 32.2. The lowest BCUT2D eigenvalue weighted by atomic mass is 10.2. The summed E-state index contributed by atoms with van der Waals surface area (Å²) in [7, 11) is -3.38. The molecule has 6 nitrogen and oxygen atoms in total. The summed E-state index contributed by atoms with van der Waals surface area (Å²) in [6.45, 7) is 4.63. The van der Waals surface area contributed by atoms with Crippen LogP contribution in [0.1, 0.15) is 18.9 Å². The van der Waals surface area contributed by atoms with Crippen LogP contribution in [-0.2, 0) is 16.6 Å². The monoisotopic (exact) mass is 337 g/mol. The molecule has 0 saturated heterocycles. The number of ether oxygens (including phenoxy) is 1. The van der Waals surface area contributed by atoms with Crippen LogP contribution >= 0.6 is 0 Å². The predicted octanol–water partition coefficient (Wildman–Crippen LogP) is 1.97. The first-order valence-corrected chi connectivity index (χ1v) is 9.29. The summed E-state index contributed by atoms with van der Waals surface area (Å²) < 4.78 is 34.4. The van der Waals surface area contributed by atoms with Crippen molar-refractivity contribution in [3.63, 3.8) is 0 Å². The first-order valence-electron chi connectivity index (χ1n) is 7.63. The fourth-order valence-electron chi connectivity index (χ4n) is 2.12. The molecule has 1 heterocycles. The number of hydrogen-bond acceptors (Lipinski definition) is 4. The Hall–Kier alpha value is -1.86. The number of benzene rings is 1. The lowest BCUT2D eigenvalue weighted by molar-refractivity contribution is 0.339. The third-order valence-corrected chi connectivity index (χ3v) is 4.87. The van der Waals surface area contributed by atoms with Gasteiger partial charge in [-0.1, -0.05) is 24.6 Å². The van der Waals surface area contributed by atoms with Crippen molar-refractivity contribution in [1.82, 2.24) is 14.3 Å². The van der Waals surface area contributed by atoms with E-state index in [1.54, 1.807) is 12.5 Å². The van der Waals surface area contributed by atoms with Crippen molar-refractivity contribution in [3.8, 4) is 5.75 Å². The van der Waals surface area contributed by atoms with Crippen molar-refractivity contribution < 1.29 is 13.2 Å². The van der Waals surface area contributed by atoms with Gasteiger partial charge in [-0.25, -0.2) is 18.1 Å². The predicted molar refractivity (Wildman–Crippen MR) is 89.9 cm³/mol. The standard InChI is InChI=1S/C16H23N3O3S/c1-3-15(12-19-9-8-17-13-19)18-23(20,21)11-10-22-16-6-4-14(2)5-7-16/h4-9,13,15,18H,3,10-12H2,1-2H3/t15-/m0/s1. The van der Waals surface area contributed by atoms with E-state index >= 15 is 0 Å². The molecule has 7 heteroatoms. The number of rotatable bonds is 9. The second-order valence-electron chi connectivity index (χ2n) is 5.46. The Morgan fingerprint density at radius 1 is 1.30 bits per heavy atom. The van der Waals surface area contributed by atoms with Crippen molar-refractivity contribution in [3.05, 3.63) is 48.5 Å². The van der Waals surface area contributed by atoms with Crippen LogP contribution in [0.15, 0.2) is 43.0 Å². The Kier molecular flexibility index (Phi) is 6.18. The van der Waals surface area contributed by atoms with Crippen LogP contribution in [0.5, 0.6) is 5.75 Å². The molecule has 0 spiro atoms. The maximum Gasteiger partial charge on any atom is 0.215 e. The van der Waals surface area contributed by atoms with Gasteiger partial charge in [-0.15, -0.1) is 0 Å². The third kappa shape index (κ3) is 6.03. The van der Waals surface area contributed by atoms with Crippen LogP contribution < -0.4 is 9.46 Å². The zero-order valence-corrected chi connectivity index (χ0v) is 14.3. The van der Waals surface area contributed by atoms with E-state index in [4.69, 9.17) is 4.74 Å². The van der Waals surface area contributed by atoms with Crippen molar-refractivity contribution in [2.75, 3.05) is 12.4 Å². The molecule has 0 bridgehead atoms. The Labute approximate surface area is 137 Å². The Morgan fingerprint density at radius 2 is 2.04 bits per heavy atom. The molecule has 2 aromatic rings. The second-order valence-corrected chi connectivity index (χ2v) is 7.34. The van der Waals surface area contributed by atoms with Crippen molar-refractivity contribution in [1.29, 1.82) is 0 Å². The SMILES string of the molecule is CC[C@@H](Cn1ccnc1)NS(=O)(=O)CCOc1ccc(C)cc1. The molecule has 0 radical (unpaired) electrons. The van der Waals surface area contributed by atoms with Crippen molar-refractivity contribution >= 4 is 10.0 Å². The van der Waals surface area contributed by atoms with E-state index < -0.39 is 10.0 Å². The van der Waals surface area contributed by atoms with Crippen LogP contribution in [0, 0.1) is 6.92 Å². The Bertz CT molecular complexity index is 682. The van der Waals surface area contributed by atoms with Crippen LogP contribution in [0.25, 0.3) is 0 Å². The molecule has 0 amide bonds. The van der Waals surface area contributed by atoms with Gasteiger partial charge in [0.2, 0.25) is 10.0 Å². The molecular formula is C16H23N3O3S. The van der Waals surface area contributed by atoms with E-state index in [0.29, 0.717) is 18.7 Å². The molecule has 0 saturated carbocycles. The van der Waals surface area contributed by atoms with Gasteiger partial charge in [0.15, 0.2) is 0 Å². The average Bonchev–Trinajstić information content (AvgIpc) is 3.01. The fraction of sp³-hybridized carbons (Fsp3) is 0.438. The minimum Gasteiger partial charge on any atom is -0.492 e. The molecule has 1 aromatic heterocycles. The highest BCUT2D eigenvalue weighted by Gasteiger charge is 2.17. The number of sulfonamides is 1. The third-order valence-electron chi connectivity index (χ3n) is 3.47. The van der Waals surface area contributed by atoms with Gasteiger partial charge in [0.1, 0.15) is 12.4 Å². The van der Waals surface area contributed by atoms with Gasteiger partial charge < -0.3 is 9.30 Å². The normalized spacial score (nSPS) is 13.0. The van der Waals surface area contributed by atoms with Crippen LogP contribution in [0.2, 0.25) is 0 Å². The molecule has 1 N–H and O–H groups in total. The number of nitrogens with one attached hydrogen (secondary N) is 1.